The van der Waals surface area contributed by atoms with Gasteiger partial charge < -0.3 is 9.13 Å². The number of nitrogens with zero attached hydrogens (tertiary/aromatic N) is 3. The number of rotatable bonds is 7. The van der Waals surface area contributed by atoms with Crippen LogP contribution in [0, 0.1) is 13.8 Å². The van der Waals surface area contributed by atoms with E-state index >= 15 is 0 Å². The number of aromatic nitrogens is 2. The largest absolute Gasteiger partial charge is 0.341 e. The van der Waals surface area contributed by atoms with Crippen LogP contribution in [0.3, 0.4) is 0 Å². The maximum atomic E-state index is 13.1. The molecule has 0 saturated carbocycles. The Labute approximate surface area is 182 Å². The second-order valence-corrected chi connectivity index (χ2v) is 9.93. The molecule has 1 unspecified atom stereocenters. The van der Waals surface area contributed by atoms with Crippen LogP contribution >= 0.6 is 0 Å². The molecule has 0 aliphatic heterocycles. The molecule has 3 aromatic rings. The van der Waals surface area contributed by atoms with Crippen LogP contribution < -0.4 is 5.56 Å². The Morgan fingerprint density at radius 2 is 1.71 bits per heavy atom. The summed E-state index contributed by atoms with van der Waals surface area (Å²) in [5.41, 5.74) is 2.96. The van der Waals surface area contributed by atoms with Gasteiger partial charge in [0.2, 0.25) is 10.0 Å². The molecule has 0 amide bonds. The number of benzene rings is 1. The van der Waals surface area contributed by atoms with Crippen molar-refractivity contribution < 1.29 is 13.2 Å². The first kappa shape index (κ1) is 22.7. The van der Waals surface area contributed by atoms with Crippen molar-refractivity contribution in [2.24, 2.45) is 0 Å². The van der Waals surface area contributed by atoms with Crippen molar-refractivity contribution in [3.8, 4) is 0 Å². The summed E-state index contributed by atoms with van der Waals surface area (Å²) in [6.45, 7) is 5.67. The number of ketones is 1. The highest BCUT2D eigenvalue weighted by atomic mass is 32.2. The van der Waals surface area contributed by atoms with Gasteiger partial charge in [-0.15, -0.1) is 0 Å². The number of carbonyl (C=O) groups is 1. The first-order valence-corrected chi connectivity index (χ1v) is 11.4. The molecule has 0 bridgehead atoms. The second-order valence-electron chi connectivity index (χ2n) is 7.78. The fraction of sp³-hybridized carbons (Fsp3) is 0.304. The van der Waals surface area contributed by atoms with Crippen molar-refractivity contribution in [3.05, 3.63) is 87.6 Å². The highest BCUT2D eigenvalue weighted by Crippen LogP contribution is 2.26. The van der Waals surface area contributed by atoms with Gasteiger partial charge in [0, 0.05) is 43.3 Å². The predicted octanol–water partition coefficient (Wildman–Crippen LogP) is 3.01. The first-order valence-electron chi connectivity index (χ1n) is 9.93. The number of carbonyl (C=O) groups excluding carboxylic acids is 1. The van der Waals surface area contributed by atoms with Gasteiger partial charge >= 0.3 is 0 Å². The van der Waals surface area contributed by atoms with E-state index in [1.165, 1.54) is 32.4 Å². The van der Waals surface area contributed by atoms with Gasteiger partial charge in [0.05, 0.1) is 17.5 Å². The summed E-state index contributed by atoms with van der Waals surface area (Å²) >= 11 is 0. The summed E-state index contributed by atoms with van der Waals surface area (Å²) in [5, 5.41) is 0. The minimum atomic E-state index is -3.71. The Balaban J connectivity index is 1.95. The predicted molar refractivity (Wildman–Crippen MR) is 120 cm³/mol. The number of hydrogen-bond acceptors (Lipinski definition) is 4. The summed E-state index contributed by atoms with van der Waals surface area (Å²) in [7, 11) is -0.880. The van der Waals surface area contributed by atoms with E-state index in [2.05, 4.69) is 11.5 Å². The fourth-order valence-electron chi connectivity index (χ4n) is 3.77. The molecule has 3 rings (SSSR count). The molecule has 0 aliphatic carbocycles. The number of hydrogen-bond donors (Lipinski definition) is 0. The molecule has 31 heavy (non-hydrogen) atoms. The quantitative estimate of drug-likeness (QED) is 0.528. The Hall–Kier alpha value is -2.97. The Bertz CT molecular complexity index is 1270. The van der Waals surface area contributed by atoms with Crippen molar-refractivity contribution in [2.45, 2.75) is 38.3 Å². The first-order chi connectivity index (χ1) is 14.5. The molecule has 164 valence electrons. The zero-order chi connectivity index (χ0) is 22.9. The lowest BCUT2D eigenvalue weighted by Gasteiger charge is -2.19. The molecule has 0 N–H and O–H groups in total. The van der Waals surface area contributed by atoms with Crippen LogP contribution in [0.2, 0.25) is 0 Å². The minimum absolute atomic E-state index is 0.0342. The zero-order valence-electron chi connectivity index (χ0n) is 18.4. The molecule has 7 nitrogen and oxygen atoms in total. The van der Waals surface area contributed by atoms with Crippen LogP contribution in [-0.4, -0.2) is 41.7 Å². The van der Waals surface area contributed by atoms with Gasteiger partial charge in [-0.3, -0.25) is 9.59 Å². The smallest absolute Gasteiger partial charge is 0.251 e. The maximum Gasteiger partial charge on any atom is 0.251 e. The van der Waals surface area contributed by atoms with Crippen LogP contribution in [-0.2, 0) is 16.6 Å². The van der Waals surface area contributed by atoms with E-state index in [4.69, 9.17) is 0 Å². The molecule has 8 heteroatoms. The van der Waals surface area contributed by atoms with E-state index in [9.17, 15) is 18.0 Å². The van der Waals surface area contributed by atoms with Crippen LogP contribution in [0.5, 0.6) is 0 Å². The van der Waals surface area contributed by atoms with Crippen molar-refractivity contribution in [3.63, 3.8) is 0 Å². The molecule has 0 fully saturated rings. The van der Waals surface area contributed by atoms with Gasteiger partial charge in [0.1, 0.15) is 0 Å². The summed E-state index contributed by atoms with van der Waals surface area (Å²) in [6, 6.07) is 14.3. The number of Topliss-reactive ketones (excluding diaryl/α,β-unsaturated/α-hetero) is 1. The summed E-state index contributed by atoms with van der Waals surface area (Å²) in [4.78, 5) is 25.3. The number of sulfonamides is 1. The molecular formula is C23H27N3O4S. The van der Waals surface area contributed by atoms with Crippen LogP contribution in [0.25, 0.3) is 0 Å². The Morgan fingerprint density at radius 3 is 2.32 bits per heavy atom. The van der Waals surface area contributed by atoms with Crippen molar-refractivity contribution in [2.75, 3.05) is 14.1 Å². The van der Waals surface area contributed by atoms with Gasteiger partial charge in [-0.2, -0.15) is 0 Å². The summed E-state index contributed by atoms with van der Waals surface area (Å²) < 4.78 is 29.1. The molecule has 1 atom stereocenters. The van der Waals surface area contributed by atoms with E-state index < -0.39 is 15.6 Å². The standard InChI is InChI=1S/C23H27N3O4S/c1-16-13-21(18(3)26(16)17(2)19-9-7-6-8-10-19)22(27)15-25-14-20(11-12-23(25)28)31(29,30)24(4)5/h6-14,17H,15H2,1-5H3. The summed E-state index contributed by atoms with van der Waals surface area (Å²) in [6.07, 6.45) is 1.22. The molecule has 2 aromatic heterocycles. The zero-order valence-corrected chi connectivity index (χ0v) is 19.2. The third-order valence-electron chi connectivity index (χ3n) is 5.50. The highest BCUT2D eigenvalue weighted by molar-refractivity contribution is 7.89. The van der Waals surface area contributed by atoms with E-state index in [1.54, 1.807) is 0 Å². The Kier molecular flexibility index (Phi) is 6.33. The van der Waals surface area contributed by atoms with Crippen molar-refractivity contribution >= 4 is 15.8 Å². The molecule has 1 aromatic carbocycles. The van der Waals surface area contributed by atoms with E-state index in [0.717, 1.165) is 25.8 Å². The Morgan fingerprint density at radius 1 is 1.06 bits per heavy atom. The topological polar surface area (TPSA) is 81.4 Å². The van der Waals surface area contributed by atoms with Gasteiger partial charge in [-0.25, -0.2) is 12.7 Å². The highest BCUT2D eigenvalue weighted by Gasteiger charge is 2.22. The van der Waals surface area contributed by atoms with Gasteiger partial charge in [0.25, 0.3) is 5.56 Å². The van der Waals surface area contributed by atoms with Crippen molar-refractivity contribution in [1.29, 1.82) is 0 Å². The van der Waals surface area contributed by atoms with E-state index in [-0.39, 0.29) is 23.3 Å². The van der Waals surface area contributed by atoms with E-state index in [1.807, 2.05) is 50.2 Å². The molecule has 0 radical (unpaired) electrons. The normalized spacial score (nSPS) is 12.8. The van der Waals surface area contributed by atoms with Crippen LogP contribution in [0.4, 0.5) is 0 Å². The van der Waals surface area contributed by atoms with Gasteiger partial charge in [-0.1, -0.05) is 30.3 Å². The lowest BCUT2D eigenvalue weighted by atomic mass is 10.1. The molecule has 0 spiro atoms. The SMILES string of the molecule is Cc1cc(C(=O)Cn2cc(S(=O)(=O)N(C)C)ccc2=O)c(C)n1C(C)c1ccccc1. The van der Waals surface area contributed by atoms with Crippen LogP contribution in [0.1, 0.15) is 40.3 Å². The monoisotopic (exact) mass is 441 g/mol. The van der Waals surface area contributed by atoms with Crippen molar-refractivity contribution in [1.82, 2.24) is 13.4 Å². The molecule has 0 saturated heterocycles. The second kappa shape index (κ2) is 8.64. The average molecular weight is 442 g/mol. The number of pyridine rings is 1. The number of aryl methyl sites for hydroxylation is 1. The molecule has 2 heterocycles. The summed E-state index contributed by atoms with van der Waals surface area (Å²) in [5.74, 6) is -0.249. The minimum Gasteiger partial charge on any atom is -0.341 e. The van der Waals surface area contributed by atoms with E-state index in [0.29, 0.717) is 5.56 Å². The molecule has 0 aliphatic rings. The van der Waals surface area contributed by atoms with Crippen LogP contribution in [0.15, 0.2) is 64.4 Å². The lowest BCUT2D eigenvalue weighted by molar-refractivity contribution is 0.0969. The molecular weight excluding hydrogens is 414 g/mol. The maximum absolute atomic E-state index is 13.1. The van der Waals surface area contributed by atoms with Gasteiger partial charge in [0.15, 0.2) is 5.78 Å². The lowest BCUT2D eigenvalue weighted by Crippen LogP contribution is -2.27. The fourth-order valence-corrected chi connectivity index (χ4v) is 4.69. The average Bonchev–Trinajstić information content (AvgIpc) is 3.03. The third kappa shape index (κ3) is 4.40. The van der Waals surface area contributed by atoms with Gasteiger partial charge in [-0.05, 0) is 38.5 Å². The third-order valence-corrected chi connectivity index (χ3v) is 7.30.